The number of ether oxygens (including phenoxy) is 1. The standard InChI is InChI=1S/C14H11ClN2O2.C7H8/c1-2-10-8-17-14(18)6-13(10)19-12-4-9(7-16)3-11(15)5-12;1-7-5-3-2-4-6-7/h3-6,8H,2H2,1H3,(H,17,18);2-6H,1H3. The number of hydrogen-bond donors (Lipinski definition) is 1. The number of rotatable bonds is 3. The number of aromatic nitrogens is 1. The molecule has 4 nitrogen and oxygen atoms in total. The van der Waals surface area contributed by atoms with Gasteiger partial charge < -0.3 is 9.72 Å². The summed E-state index contributed by atoms with van der Waals surface area (Å²) in [5.41, 5.74) is 2.36. The van der Waals surface area contributed by atoms with Crippen LogP contribution in [0.4, 0.5) is 0 Å². The highest BCUT2D eigenvalue weighted by atomic mass is 35.5. The third kappa shape index (κ3) is 5.80. The fourth-order valence-corrected chi connectivity index (χ4v) is 2.43. The number of H-pyrrole nitrogens is 1. The molecule has 0 saturated heterocycles. The quantitative estimate of drug-likeness (QED) is 0.688. The van der Waals surface area contributed by atoms with Crippen LogP contribution in [0, 0.1) is 18.3 Å². The van der Waals surface area contributed by atoms with Crippen LogP contribution in [0.3, 0.4) is 0 Å². The van der Waals surface area contributed by atoms with E-state index in [4.69, 9.17) is 21.6 Å². The number of pyridine rings is 1. The van der Waals surface area contributed by atoms with Crippen LogP contribution in [0.1, 0.15) is 23.6 Å². The molecule has 132 valence electrons. The summed E-state index contributed by atoms with van der Waals surface area (Å²) in [6.45, 7) is 4.04. The second-order valence-corrected chi connectivity index (χ2v) is 6.02. The van der Waals surface area contributed by atoms with Crippen molar-refractivity contribution in [3.63, 3.8) is 0 Å². The molecule has 5 heteroatoms. The van der Waals surface area contributed by atoms with Gasteiger partial charge in [0.15, 0.2) is 0 Å². The van der Waals surface area contributed by atoms with Gasteiger partial charge >= 0.3 is 0 Å². The number of nitrogens with one attached hydrogen (secondary N) is 1. The zero-order valence-electron chi connectivity index (χ0n) is 14.6. The number of benzene rings is 2. The summed E-state index contributed by atoms with van der Waals surface area (Å²) in [6.07, 6.45) is 2.34. The minimum Gasteiger partial charge on any atom is -0.457 e. The Labute approximate surface area is 157 Å². The Morgan fingerprint density at radius 3 is 2.46 bits per heavy atom. The van der Waals surface area contributed by atoms with Crippen molar-refractivity contribution < 1.29 is 4.74 Å². The largest absolute Gasteiger partial charge is 0.457 e. The molecule has 3 rings (SSSR count). The normalized spacial score (nSPS) is 9.62. The molecule has 0 bridgehead atoms. The Morgan fingerprint density at radius 2 is 1.88 bits per heavy atom. The van der Waals surface area contributed by atoms with Gasteiger partial charge in [0.2, 0.25) is 0 Å². The van der Waals surface area contributed by atoms with Crippen LogP contribution in [-0.2, 0) is 6.42 Å². The smallest absolute Gasteiger partial charge is 0.251 e. The lowest BCUT2D eigenvalue weighted by Gasteiger charge is -2.09. The van der Waals surface area contributed by atoms with E-state index in [9.17, 15) is 4.79 Å². The molecule has 0 aliphatic rings. The van der Waals surface area contributed by atoms with E-state index >= 15 is 0 Å². The van der Waals surface area contributed by atoms with Crippen molar-refractivity contribution in [2.45, 2.75) is 20.3 Å². The van der Waals surface area contributed by atoms with Gasteiger partial charge in [-0.15, -0.1) is 0 Å². The molecule has 1 N–H and O–H groups in total. The highest BCUT2D eigenvalue weighted by Gasteiger charge is 2.06. The van der Waals surface area contributed by atoms with Gasteiger partial charge in [-0.25, -0.2) is 0 Å². The molecular weight excluding hydrogens is 348 g/mol. The third-order valence-electron chi connectivity index (χ3n) is 3.52. The van der Waals surface area contributed by atoms with Crippen molar-refractivity contribution in [2.24, 2.45) is 0 Å². The summed E-state index contributed by atoms with van der Waals surface area (Å²) in [4.78, 5) is 13.9. The van der Waals surface area contributed by atoms with Crippen LogP contribution < -0.4 is 10.3 Å². The molecule has 0 fully saturated rings. The maximum Gasteiger partial charge on any atom is 0.251 e. The maximum atomic E-state index is 11.3. The first kappa shape index (κ1) is 19.3. The van der Waals surface area contributed by atoms with Crippen LogP contribution >= 0.6 is 11.6 Å². The number of hydrogen-bond acceptors (Lipinski definition) is 3. The number of nitriles is 1. The lowest BCUT2D eigenvalue weighted by molar-refractivity contribution is 0.475. The van der Waals surface area contributed by atoms with E-state index in [0.717, 1.165) is 12.0 Å². The minimum absolute atomic E-state index is 0.241. The van der Waals surface area contributed by atoms with E-state index in [0.29, 0.717) is 22.1 Å². The Balaban J connectivity index is 0.000000290. The van der Waals surface area contributed by atoms with Crippen molar-refractivity contribution in [3.05, 3.63) is 92.9 Å². The Kier molecular flexibility index (Phi) is 7.02. The summed E-state index contributed by atoms with van der Waals surface area (Å²) < 4.78 is 5.65. The first-order chi connectivity index (χ1) is 12.5. The summed E-state index contributed by atoms with van der Waals surface area (Å²) >= 11 is 5.90. The van der Waals surface area contributed by atoms with E-state index < -0.39 is 0 Å². The SMILES string of the molecule is CCc1c[nH]c(=O)cc1Oc1cc(Cl)cc(C#N)c1.Cc1ccccc1. The Hall–Kier alpha value is -3.03. The van der Waals surface area contributed by atoms with Crippen LogP contribution in [0.15, 0.2) is 65.6 Å². The van der Waals surface area contributed by atoms with Crippen LogP contribution in [-0.4, -0.2) is 4.98 Å². The van der Waals surface area contributed by atoms with Crippen molar-refractivity contribution in [1.29, 1.82) is 5.26 Å². The summed E-state index contributed by atoms with van der Waals surface area (Å²) in [5, 5.41) is 9.29. The van der Waals surface area contributed by atoms with Gasteiger partial charge in [-0.05, 0) is 31.5 Å². The first-order valence-electron chi connectivity index (χ1n) is 8.13. The van der Waals surface area contributed by atoms with Crippen LogP contribution in [0.25, 0.3) is 0 Å². The van der Waals surface area contributed by atoms with Gasteiger partial charge in [0.05, 0.1) is 11.6 Å². The second kappa shape index (κ2) is 9.45. The van der Waals surface area contributed by atoms with Crippen molar-refractivity contribution in [2.75, 3.05) is 0 Å². The fourth-order valence-electron chi connectivity index (χ4n) is 2.20. The molecule has 0 saturated carbocycles. The predicted molar refractivity (Wildman–Crippen MR) is 104 cm³/mol. The lowest BCUT2D eigenvalue weighted by Crippen LogP contribution is -2.05. The molecule has 0 aliphatic carbocycles. The van der Waals surface area contributed by atoms with Crippen LogP contribution in [0.5, 0.6) is 11.5 Å². The van der Waals surface area contributed by atoms with E-state index in [1.165, 1.54) is 11.6 Å². The summed E-state index contributed by atoms with van der Waals surface area (Å²) in [5.74, 6) is 0.904. The average molecular weight is 367 g/mol. The molecule has 0 amide bonds. The number of aryl methyl sites for hydroxylation is 2. The number of aromatic amines is 1. The predicted octanol–water partition coefficient (Wildman–Crippen LogP) is 5.25. The van der Waals surface area contributed by atoms with Gasteiger partial charge in [-0.2, -0.15) is 5.26 Å². The van der Waals surface area contributed by atoms with E-state index in [-0.39, 0.29) is 5.56 Å². The molecule has 0 radical (unpaired) electrons. The number of halogens is 1. The zero-order chi connectivity index (χ0) is 18.9. The minimum atomic E-state index is -0.241. The summed E-state index contributed by atoms with van der Waals surface area (Å²) in [7, 11) is 0. The molecule has 26 heavy (non-hydrogen) atoms. The maximum absolute atomic E-state index is 11.3. The van der Waals surface area contributed by atoms with Crippen molar-refractivity contribution in [1.82, 2.24) is 4.98 Å². The average Bonchev–Trinajstić information content (AvgIpc) is 2.62. The monoisotopic (exact) mass is 366 g/mol. The van der Waals surface area contributed by atoms with Gasteiger partial charge in [0.25, 0.3) is 5.56 Å². The Morgan fingerprint density at radius 1 is 1.15 bits per heavy atom. The number of nitrogens with zero attached hydrogens (tertiary/aromatic N) is 1. The molecule has 0 atom stereocenters. The van der Waals surface area contributed by atoms with Gasteiger partial charge in [0.1, 0.15) is 11.5 Å². The molecule has 0 aliphatic heterocycles. The third-order valence-corrected chi connectivity index (χ3v) is 3.74. The fraction of sp³-hybridized carbons (Fsp3) is 0.143. The molecule has 0 spiro atoms. The van der Waals surface area contributed by atoms with Gasteiger partial charge in [-0.1, -0.05) is 54.4 Å². The van der Waals surface area contributed by atoms with E-state index in [2.05, 4.69) is 24.0 Å². The highest BCUT2D eigenvalue weighted by molar-refractivity contribution is 6.30. The topological polar surface area (TPSA) is 65.9 Å². The highest BCUT2D eigenvalue weighted by Crippen LogP contribution is 2.27. The molecule has 0 unspecified atom stereocenters. The lowest BCUT2D eigenvalue weighted by atomic mass is 10.2. The molecule has 2 aromatic carbocycles. The zero-order valence-corrected chi connectivity index (χ0v) is 15.4. The van der Waals surface area contributed by atoms with Gasteiger partial charge in [-0.3, -0.25) is 4.79 Å². The van der Waals surface area contributed by atoms with E-state index in [1.54, 1.807) is 24.4 Å². The van der Waals surface area contributed by atoms with E-state index in [1.807, 2.05) is 31.2 Å². The Bertz CT molecular complexity index is 960. The molecule has 1 heterocycles. The molecule has 1 aromatic heterocycles. The first-order valence-corrected chi connectivity index (χ1v) is 8.51. The van der Waals surface area contributed by atoms with Crippen molar-refractivity contribution >= 4 is 11.6 Å². The van der Waals surface area contributed by atoms with Gasteiger partial charge in [0, 0.05) is 22.8 Å². The second-order valence-electron chi connectivity index (χ2n) is 5.58. The molecular formula is C21H19ClN2O2. The van der Waals surface area contributed by atoms with Crippen LogP contribution in [0.2, 0.25) is 5.02 Å². The van der Waals surface area contributed by atoms with Crippen molar-refractivity contribution in [3.8, 4) is 17.6 Å². The summed E-state index contributed by atoms with van der Waals surface area (Å²) in [6, 6.07) is 18.4. The molecule has 3 aromatic rings.